The van der Waals surface area contributed by atoms with Gasteiger partial charge in [-0.15, -0.1) is 0 Å². The molecule has 1 atom stereocenters. The van der Waals surface area contributed by atoms with E-state index in [0.29, 0.717) is 17.2 Å². The lowest BCUT2D eigenvalue weighted by atomic mass is 9.90. The van der Waals surface area contributed by atoms with Crippen molar-refractivity contribution in [1.82, 2.24) is 9.88 Å². The highest BCUT2D eigenvalue weighted by Gasteiger charge is 2.21. The van der Waals surface area contributed by atoms with E-state index in [2.05, 4.69) is 22.0 Å². The second-order valence-corrected chi connectivity index (χ2v) is 8.83. The number of aromatic hydroxyl groups is 1. The lowest BCUT2D eigenvalue weighted by Gasteiger charge is -2.33. The van der Waals surface area contributed by atoms with E-state index in [1.807, 2.05) is 30.1 Å². The number of amides is 1. The predicted molar refractivity (Wildman–Crippen MR) is 120 cm³/mol. The number of nitrogens with two attached hydrogens (primary N) is 1. The Morgan fingerprint density at radius 1 is 1.24 bits per heavy atom. The molecule has 2 heterocycles. The number of fused-ring (bicyclic) bond motifs is 1. The molecule has 1 saturated heterocycles. The minimum Gasteiger partial charge on any atom is -0.508 e. The van der Waals surface area contributed by atoms with Gasteiger partial charge in [0.2, 0.25) is 5.91 Å². The molecule has 1 aromatic heterocycles. The fraction of sp³-hybridized carbons (Fsp3) is 0.348. The number of primary amides is 1. The van der Waals surface area contributed by atoms with Gasteiger partial charge in [-0.1, -0.05) is 18.2 Å². The predicted octanol–water partition coefficient (Wildman–Crippen LogP) is 4.09. The van der Waals surface area contributed by atoms with Crippen molar-refractivity contribution in [2.45, 2.75) is 24.5 Å². The molecule has 152 valence electrons. The fourth-order valence-corrected chi connectivity index (χ4v) is 5.10. The highest BCUT2D eigenvalue weighted by molar-refractivity contribution is 7.98. The molecule has 5 nitrogen and oxygen atoms in total. The molecule has 0 radical (unpaired) electrons. The van der Waals surface area contributed by atoms with Crippen molar-refractivity contribution in [2.75, 3.05) is 25.4 Å². The van der Waals surface area contributed by atoms with E-state index in [0.717, 1.165) is 42.0 Å². The zero-order chi connectivity index (χ0) is 20.2. The number of hydrogen-bond acceptors (Lipinski definition) is 4. The monoisotopic (exact) mass is 409 g/mol. The van der Waals surface area contributed by atoms with Gasteiger partial charge in [-0.25, -0.2) is 0 Å². The first-order valence-corrected chi connectivity index (χ1v) is 11.2. The third-order valence-electron chi connectivity index (χ3n) is 5.73. The van der Waals surface area contributed by atoms with Gasteiger partial charge in [0.1, 0.15) is 5.75 Å². The Balaban J connectivity index is 1.27. The van der Waals surface area contributed by atoms with Gasteiger partial charge in [-0.05, 0) is 60.7 Å². The number of aromatic amines is 1. The molecular formula is C23H27N3O2S. The number of nitrogens with zero attached hydrogens (tertiary/aromatic N) is 1. The molecule has 0 bridgehead atoms. The molecule has 1 aliphatic heterocycles. The molecule has 3 aromatic rings. The third-order valence-corrected chi connectivity index (χ3v) is 6.72. The van der Waals surface area contributed by atoms with Crippen molar-refractivity contribution in [3.63, 3.8) is 0 Å². The van der Waals surface area contributed by atoms with Crippen molar-refractivity contribution in [1.29, 1.82) is 0 Å². The lowest BCUT2D eigenvalue weighted by Crippen LogP contribution is -2.35. The molecule has 2 aromatic carbocycles. The number of piperidine rings is 1. The summed E-state index contributed by atoms with van der Waals surface area (Å²) in [5.41, 5.74) is 9.45. The van der Waals surface area contributed by atoms with Crippen LogP contribution in [0.25, 0.3) is 10.9 Å². The number of aromatic nitrogens is 1. The normalized spacial score (nSPS) is 17.6. The van der Waals surface area contributed by atoms with Gasteiger partial charge in [0.15, 0.2) is 0 Å². The van der Waals surface area contributed by atoms with Crippen LogP contribution in [0.2, 0.25) is 0 Å². The smallest absolute Gasteiger partial charge is 0.248 e. The maximum absolute atomic E-state index is 11.3. The Morgan fingerprint density at radius 3 is 2.86 bits per heavy atom. The Morgan fingerprint density at radius 2 is 2.07 bits per heavy atom. The number of benzene rings is 2. The maximum atomic E-state index is 11.3. The first-order valence-electron chi connectivity index (χ1n) is 10.1. The van der Waals surface area contributed by atoms with E-state index in [1.165, 1.54) is 24.0 Å². The second-order valence-electron chi connectivity index (χ2n) is 7.72. The average molecular weight is 410 g/mol. The Labute approximate surface area is 175 Å². The first-order chi connectivity index (χ1) is 14.1. The highest BCUT2D eigenvalue weighted by atomic mass is 32.2. The van der Waals surface area contributed by atoms with Crippen molar-refractivity contribution >= 4 is 28.6 Å². The zero-order valence-electron chi connectivity index (χ0n) is 16.4. The van der Waals surface area contributed by atoms with Gasteiger partial charge in [-0.3, -0.25) is 4.79 Å². The van der Waals surface area contributed by atoms with Crippen molar-refractivity contribution in [2.24, 2.45) is 5.73 Å². The van der Waals surface area contributed by atoms with Crippen LogP contribution in [0.3, 0.4) is 0 Å². The molecule has 1 fully saturated rings. The number of rotatable bonds is 7. The Hall–Kier alpha value is -2.44. The largest absolute Gasteiger partial charge is 0.508 e. The van der Waals surface area contributed by atoms with Crippen molar-refractivity contribution in [3.05, 3.63) is 65.4 Å². The topological polar surface area (TPSA) is 82.3 Å². The lowest BCUT2D eigenvalue weighted by molar-refractivity contribution is 0.100. The quantitative estimate of drug-likeness (QED) is 0.514. The minimum atomic E-state index is -0.399. The second kappa shape index (κ2) is 8.93. The van der Waals surface area contributed by atoms with E-state index >= 15 is 0 Å². The van der Waals surface area contributed by atoms with Crippen molar-refractivity contribution < 1.29 is 9.90 Å². The Bertz CT molecular complexity index is 983. The number of hydrogen-bond donors (Lipinski definition) is 3. The highest BCUT2D eigenvalue weighted by Crippen LogP contribution is 2.28. The maximum Gasteiger partial charge on any atom is 0.248 e. The summed E-state index contributed by atoms with van der Waals surface area (Å²) in [6, 6.07) is 13.3. The number of carbonyl (C=O) groups is 1. The standard InChI is InChI=1S/C23H27N3O2S/c24-23(28)17-5-8-21-19(13-25-22(21)12-17)15-29-11-10-26-9-1-2-18(14-26)16-3-6-20(27)7-4-16/h3-8,12-13,18,25,27H,1-2,9-11,14-15H2,(H2,24,28). The summed E-state index contributed by atoms with van der Waals surface area (Å²) in [5.74, 6) is 2.53. The van der Waals surface area contributed by atoms with Gasteiger partial charge in [0.05, 0.1) is 0 Å². The molecule has 29 heavy (non-hydrogen) atoms. The van der Waals surface area contributed by atoms with Gasteiger partial charge in [-0.2, -0.15) is 11.8 Å². The summed E-state index contributed by atoms with van der Waals surface area (Å²) in [6.45, 7) is 3.35. The van der Waals surface area contributed by atoms with Gasteiger partial charge < -0.3 is 20.7 Å². The number of nitrogens with one attached hydrogen (secondary N) is 1. The molecular weight excluding hydrogens is 382 g/mol. The van der Waals surface area contributed by atoms with Crippen LogP contribution in [0.5, 0.6) is 5.75 Å². The molecule has 4 N–H and O–H groups in total. The summed E-state index contributed by atoms with van der Waals surface area (Å²) in [6.07, 6.45) is 4.47. The number of phenols is 1. The number of thioether (sulfide) groups is 1. The summed E-state index contributed by atoms with van der Waals surface area (Å²) in [5, 5.41) is 10.7. The molecule has 1 aliphatic rings. The van der Waals surface area contributed by atoms with E-state index in [-0.39, 0.29) is 0 Å². The summed E-state index contributed by atoms with van der Waals surface area (Å²) < 4.78 is 0. The first kappa shape index (κ1) is 19.9. The summed E-state index contributed by atoms with van der Waals surface area (Å²) in [4.78, 5) is 17.1. The van der Waals surface area contributed by atoms with E-state index < -0.39 is 5.91 Å². The molecule has 1 unspecified atom stereocenters. The molecule has 0 spiro atoms. The van der Waals surface area contributed by atoms with Crippen LogP contribution in [0, 0.1) is 0 Å². The van der Waals surface area contributed by atoms with Gasteiger partial charge in [0.25, 0.3) is 0 Å². The minimum absolute atomic E-state index is 0.334. The number of phenolic OH excluding ortho intramolecular Hbond substituents is 1. The van der Waals surface area contributed by atoms with Crippen LogP contribution in [0.1, 0.15) is 40.2 Å². The SMILES string of the molecule is NC(=O)c1ccc2c(CSCCN3CCCC(c4ccc(O)cc4)C3)c[nH]c2c1. The molecule has 6 heteroatoms. The van der Waals surface area contributed by atoms with E-state index in [4.69, 9.17) is 5.73 Å². The fourth-order valence-electron chi connectivity index (χ4n) is 4.11. The molecule has 0 aliphatic carbocycles. The van der Waals surface area contributed by atoms with Gasteiger partial charge in [0, 0.05) is 47.3 Å². The van der Waals surface area contributed by atoms with Crippen LogP contribution in [-0.4, -0.2) is 46.3 Å². The number of carbonyl (C=O) groups excluding carboxylic acids is 1. The Kier molecular flexibility index (Phi) is 6.11. The average Bonchev–Trinajstić information content (AvgIpc) is 3.14. The van der Waals surface area contributed by atoms with Gasteiger partial charge >= 0.3 is 0 Å². The van der Waals surface area contributed by atoms with Crippen molar-refractivity contribution in [3.8, 4) is 5.75 Å². The van der Waals surface area contributed by atoms with E-state index in [9.17, 15) is 9.90 Å². The van der Waals surface area contributed by atoms with Crippen LogP contribution in [-0.2, 0) is 5.75 Å². The van der Waals surface area contributed by atoms with Crippen LogP contribution in [0.4, 0.5) is 0 Å². The van der Waals surface area contributed by atoms with E-state index in [1.54, 1.807) is 18.2 Å². The molecule has 4 rings (SSSR count). The summed E-state index contributed by atoms with van der Waals surface area (Å²) >= 11 is 1.94. The molecule has 1 amide bonds. The van der Waals surface area contributed by atoms with Crippen LogP contribution < -0.4 is 5.73 Å². The van der Waals surface area contributed by atoms with Crippen LogP contribution in [0.15, 0.2) is 48.7 Å². The number of likely N-dealkylation sites (tertiary alicyclic amines) is 1. The number of H-pyrrole nitrogens is 1. The van der Waals surface area contributed by atoms with Crippen LogP contribution >= 0.6 is 11.8 Å². The zero-order valence-corrected chi connectivity index (χ0v) is 17.3. The summed E-state index contributed by atoms with van der Waals surface area (Å²) in [7, 11) is 0. The molecule has 0 saturated carbocycles. The third kappa shape index (κ3) is 4.77.